The first-order valence-electron chi connectivity index (χ1n) is 7.32. The molecule has 2 heterocycles. The van der Waals surface area contributed by atoms with Gasteiger partial charge < -0.3 is 49.6 Å². The molecule has 23 heavy (non-hydrogen) atoms. The molecule has 2 rings (SSSR count). The molecule has 2 aliphatic heterocycles. The molecule has 1 unspecified atom stereocenters. The van der Waals surface area contributed by atoms with Gasteiger partial charge in [0.05, 0.1) is 12.7 Å². The molecule has 0 amide bonds. The molecule has 136 valence electrons. The van der Waals surface area contributed by atoms with Gasteiger partial charge in [0.25, 0.3) is 0 Å². The van der Waals surface area contributed by atoms with Gasteiger partial charge in [-0.15, -0.1) is 0 Å². The van der Waals surface area contributed by atoms with Crippen molar-refractivity contribution in [2.24, 2.45) is 0 Å². The fourth-order valence-electron chi connectivity index (χ4n) is 2.78. The van der Waals surface area contributed by atoms with Crippen LogP contribution in [0.4, 0.5) is 0 Å². The van der Waals surface area contributed by atoms with Gasteiger partial charge in [0.2, 0.25) is 0 Å². The number of methoxy groups -OCH3 is 1. The minimum absolute atomic E-state index is 0.482. The average Bonchev–Trinajstić information content (AvgIpc) is 2.53. The van der Waals surface area contributed by atoms with Crippen molar-refractivity contribution in [3.63, 3.8) is 0 Å². The molecule has 0 saturated carbocycles. The Morgan fingerprint density at radius 1 is 0.870 bits per heavy atom. The third kappa shape index (κ3) is 3.66. The Labute approximate surface area is 132 Å². The molecule has 0 aliphatic carbocycles. The highest BCUT2D eigenvalue weighted by Gasteiger charge is 2.50. The number of hydrogen-bond donors (Lipinski definition) is 6. The van der Waals surface area contributed by atoms with E-state index in [0.717, 1.165) is 0 Å². The lowest BCUT2D eigenvalue weighted by Crippen LogP contribution is -2.64. The highest BCUT2D eigenvalue weighted by molar-refractivity contribution is 4.93. The van der Waals surface area contributed by atoms with E-state index in [4.69, 9.17) is 18.9 Å². The smallest absolute Gasteiger partial charge is 0.187 e. The van der Waals surface area contributed by atoms with Gasteiger partial charge in [-0.25, -0.2) is 0 Å². The first-order valence-corrected chi connectivity index (χ1v) is 7.32. The molecule has 0 aromatic heterocycles. The predicted molar refractivity (Wildman–Crippen MR) is 72.0 cm³/mol. The molecule has 0 bridgehead atoms. The third-order valence-electron chi connectivity index (χ3n) is 4.19. The molecule has 10 nitrogen and oxygen atoms in total. The van der Waals surface area contributed by atoms with Crippen LogP contribution in [0, 0.1) is 0 Å². The summed E-state index contributed by atoms with van der Waals surface area (Å²) in [5.74, 6) is 0. The molecule has 0 radical (unpaired) electrons. The Kier molecular flexibility index (Phi) is 6.30. The van der Waals surface area contributed by atoms with E-state index in [1.54, 1.807) is 0 Å². The van der Waals surface area contributed by atoms with Crippen LogP contribution in [0.3, 0.4) is 0 Å². The molecule has 10 heteroatoms. The van der Waals surface area contributed by atoms with Crippen molar-refractivity contribution in [1.29, 1.82) is 0 Å². The molecule has 6 N–H and O–H groups in total. The van der Waals surface area contributed by atoms with Crippen molar-refractivity contribution in [1.82, 2.24) is 0 Å². The summed E-state index contributed by atoms with van der Waals surface area (Å²) in [5, 5.41) is 58.7. The van der Waals surface area contributed by atoms with Gasteiger partial charge >= 0.3 is 0 Å². The van der Waals surface area contributed by atoms with Crippen LogP contribution in [0.25, 0.3) is 0 Å². The molecule has 0 spiro atoms. The molecular formula is C13H24O10. The van der Waals surface area contributed by atoms with E-state index in [0.29, 0.717) is 0 Å². The SMILES string of the molecule is CO[C@@H]1[C@H](O)[C@@H](O[C@@H]2O[C@@H](C)[C@@H](O)[C@@H](O)[C@@H]2O)C(O)O[C@@H]1CO. The van der Waals surface area contributed by atoms with Crippen LogP contribution < -0.4 is 0 Å². The number of rotatable bonds is 4. The molecule has 2 aliphatic rings. The molecular weight excluding hydrogens is 316 g/mol. The first kappa shape index (κ1) is 18.9. The normalized spacial score (nSPS) is 51.7. The summed E-state index contributed by atoms with van der Waals surface area (Å²) in [5.41, 5.74) is 0. The second kappa shape index (κ2) is 7.66. The maximum atomic E-state index is 10.3. The Hall–Kier alpha value is -0.400. The van der Waals surface area contributed by atoms with Crippen LogP contribution in [0.15, 0.2) is 0 Å². The van der Waals surface area contributed by atoms with Crippen molar-refractivity contribution in [2.45, 2.75) is 68.3 Å². The van der Waals surface area contributed by atoms with Crippen molar-refractivity contribution >= 4 is 0 Å². The molecule has 10 atom stereocenters. The van der Waals surface area contributed by atoms with E-state index in [-0.39, 0.29) is 0 Å². The van der Waals surface area contributed by atoms with Crippen LogP contribution in [0.2, 0.25) is 0 Å². The van der Waals surface area contributed by atoms with Gasteiger partial charge in [0.1, 0.15) is 42.7 Å². The fraction of sp³-hybridized carbons (Fsp3) is 1.00. The van der Waals surface area contributed by atoms with E-state index in [2.05, 4.69) is 0 Å². The summed E-state index contributed by atoms with van der Waals surface area (Å²) in [4.78, 5) is 0. The van der Waals surface area contributed by atoms with Crippen LogP contribution >= 0.6 is 0 Å². The molecule has 0 aromatic rings. The number of ether oxygens (including phenoxy) is 4. The largest absolute Gasteiger partial charge is 0.394 e. The lowest BCUT2D eigenvalue weighted by Gasteiger charge is -2.45. The van der Waals surface area contributed by atoms with Crippen LogP contribution in [-0.4, -0.2) is 106 Å². The van der Waals surface area contributed by atoms with Crippen molar-refractivity contribution in [2.75, 3.05) is 13.7 Å². The van der Waals surface area contributed by atoms with Gasteiger partial charge in [-0.05, 0) is 6.92 Å². The summed E-state index contributed by atoms with van der Waals surface area (Å²) in [6.07, 6.45) is -12.9. The maximum absolute atomic E-state index is 10.3. The second-order valence-electron chi connectivity index (χ2n) is 5.72. The highest BCUT2D eigenvalue weighted by Crippen LogP contribution is 2.29. The Balaban J connectivity index is 2.09. The topological polar surface area (TPSA) is 158 Å². The quantitative estimate of drug-likeness (QED) is 0.300. The zero-order valence-electron chi connectivity index (χ0n) is 12.8. The monoisotopic (exact) mass is 340 g/mol. The van der Waals surface area contributed by atoms with E-state index in [1.165, 1.54) is 14.0 Å². The first-order chi connectivity index (χ1) is 10.8. The van der Waals surface area contributed by atoms with Crippen molar-refractivity contribution in [3.05, 3.63) is 0 Å². The number of aliphatic hydroxyl groups is 6. The lowest BCUT2D eigenvalue weighted by atomic mass is 9.97. The summed E-state index contributed by atoms with van der Waals surface area (Å²) in [6, 6.07) is 0. The summed E-state index contributed by atoms with van der Waals surface area (Å²) < 4.78 is 20.8. The van der Waals surface area contributed by atoms with Gasteiger partial charge in [0.15, 0.2) is 12.6 Å². The predicted octanol–water partition coefficient (Wildman–Crippen LogP) is -3.72. The lowest BCUT2D eigenvalue weighted by molar-refractivity contribution is -0.360. The molecule has 0 aromatic carbocycles. The van der Waals surface area contributed by atoms with Crippen LogP contribution in [0.5, 0.6) is 0 Å². The summed E-state index contributed by atoms with van der Waals surface area (Å²) in [7, 11) is 1.29. The Bertz CT molecular complexity index is 382. The zero-order valence-corrected chi connectivity index (χ0v) is 12.8. The number of hydrogen-bond acceptors (Lipinski definition) is 10. The Morgan fingerprint density at radius 2 is 1.52 bits per heavy atom. The van der Waals surface area contributed by atoms with Gasteiger partial charge in [-0.3, -0.25) is 0 Å². The Morgan fingerprint density at radius 3 is 2.09 bits per heavy atom. The average molecular weight is 340 g/mol. The van der Waals surface area contributed by atoms with Gasteiger partial charge in [-0.1, -0.05) is 0 Å². The van der Waals surface area contributed by atoms with Gasteiger partial charge in [-0.2, -0.15) is 0 Å². The minimum atomic E-state index is -1.61. The van der Waals surface area contributed by atoms with E-state index >= 15 is 0 Å². The molecule has 2 saturated heterocycles. The fourth-order valence-corrected chi connectivity index (χ4v) is 2.78. The van der Waals surface area contributed by atoms with Gasteiger partial charge in [0, 0.05) is 7.11 Å². The van der Waals surface area contributed by atoms with Crippen molar-refractivity contribution in [3.8, 4) is 0 Å². The maximum Gasteiger partial charge on any atom is 0.187 e. The standard InChI is InChI=1S/C13H24O10/c1-4-6(15)7(16)8(17)13(21-4)23-11-9(18)10(20-2)5(3-14)22-12(11)19/h4-19H,3H2,1-2H3/t4-,5+,6+,7+,8-,9-,10-,11+,12?,13-/m0/s1. The highest BCUT2D eigenvalue weighted by atomic mass is 16.7. The van der Waals surface area contributed by atoms with Crippen LogP contribution in [-0.2, 0) is 18.9 Å². The van der Waals surface area contributed by atoms with E-state index in [9.17, 15) is 30.6 Å². The van der Waals surface area contributed by atoms with Crippen LogP contribution in [0.1, 0.15) is 6.92 Å². The minimum Gasteiger partial charge on any atom is -0.394 e. The summed E-state index contributed by atoms with van der Waals surface area (Å²) >= 11 is 0. The van der Waals surface area contributed by atoms with E-state index in [1.807, 2.05) is 0 Å². The summed E-state index contributed by atoms with van der Waals surface area (Å²) in [6.45, 7) is 0.990. The molecule has 2 fully saturated rings. The third-order valence-corrected chi connectivity index (χ3v) is 4.19. The number of aliphatic hydroxyl groups excluding tert-OH is 6. The second-order valence-corrected chi connectivity index (χ2v) is 5.72. The van der Waals surface area contributed by atoms with E-state index < -0.39 is 68.0 Å². The van der Waals surface area contributed by atoms with Crippen molar-refractivity contribution < 1.29 is 49.6 Å². The zero-order chi connectivity index (χ0) is 17.3.